The second kappa shape index (κ2) is 35.0. The molecule has 4 N–H and O–H groups in total. The van der Waals surface area contributed by atoms with Crippen LogP contribution < -0.4 is 9.47 Å². The normalized spacial score (nSPS) is 17.1. The van der Waals surface area contributed by atoms with Crippen molar-refractivity contribution in [1.82, 2.24) is 0 Å². The number of hydrogen-bond acceptors (Lipinski definition) is 6. The van der Waals surface area contributed by atoms with Gasteiger partial charge in [0.2, 0.25) is 0 Å². The van der Waals surface area contributed by atoms with E-state index in [4.69, 9.17) is 9.47 Å². The van der Waals surface area contributed by atoms with Crippen molar-refractivity contribution in [3.63, 3.8) is 0 Å². The van der Waals surface area contributed by atoms with E-state index >= 15 is 4.39 Å². The van der Waals surface area contributed by atoms with Crippen molar-refractivity contribution in [3.05, 3.63) is 155 Å². The molecule has 0 aliphatic heterocycles. The summed E-state index contributed by atoms with van der Waals surface area (Å²) in [5.41, 5.74) is 14.9. The molecule has 0 radical (unpaired) electrons. The van der Waals surface area contributed by atoms with Crippen molar-refractivity contribution < 1.29 is 34.3 Å². The highest BCUT2D eigenvalue weighted by Gasteiger charge is 2.25. The van der Waals surface area contributed by atoms with Crippen LogP contribution in [0.15, 0.2) is 121 Å². The maximum Gasteiger partial charge on any atom is 0.131 e. The SMILES string of the molecule is CCCCCC1CCC(c2ccc(-c3ccc(CCCCCO)c(-c4cccc(CCCO)c4)c3)c(F)c2)CC1.CCCCCC1CCC(c2ccc(-c3ccc(OCCCCO)c(-c4cccc(OCCO)c4)c3)c(CC)c2)CC1. The Labute approximate surface area is 487 Å². The minimum absolute atomic E-state index is 0.0187. The van der Waals surface area contributed by atoms with E-state index in [1.807, 2.05) is 24.3 Å². The maximum absolute atomic E-state index is 15.7. The fourth-order valence-corrected chi connectivity index (χ4v) is 12.8. The van der Waals surface area contributed by atoms with Gasteiger partial charge in [0.05, 0.1) is 13.2 Å². The zero-order chi connectivity index (χ0) is 57.0. The number of unbranched alkanes of at least 4 members (excludes halogenated alkanes) is 7. The Bertz CT molecular complexity index is 2750. The van der Waals surface area contributed by atoms with Crippen molar-refractivity contribution in [1.29, 1.82) is 0 Å². The van der Waals surface area contributed by atoms with E-state index in [-0.39, 0.29) is 38.9 Å². The Balaban J connectivity index is 0.000000234. The summed E-state index contributed by atoms with van der Waals surface area (Å²) >= 11 is 0. The summed E-state index contributed by atoms with van der Waals surface area (Å²) in [5, 5.41) is 36.9. The van der Waals surface area contributed by atoms with E-state index in [0.717, 1.165) is 115 Å². The fraction of sp³-hybridized carbons (Fsp3) is 0.514. The highest BCUT2D eigenvalue weighted by atomic mass is 19.1. The summed E-state index contributed by atoms with van der Waals surface area (Å²) in [6.07, 6.45) is 29.0. The molecule has 0 heterocycles. The third-order valence-corrected chi connectivity index (χ3v) is 17.6. The smallest absolute Gasteiger partial charge is 0.131 e. The quantitative estimate of drug-likeness (QED) is 0.0324. The third-order valence-electron chi connectivity index (χ3n) is 17.6. The van der Waals surface area contributed by atoms with Crippen LogP contribution in [0.5, 0.6) is 11.5 Å². The minimum Gasteiger partial charge on any atom is -0.493 e. The summed E-state index contributed by atoms with van der Waals surface area (Å²) in [4.78, 5) is 0. The molecule has 2 saturated carbocycles. The van der Waals surface area contributed by atoms with Crippen LogP contribution in [0.3, 0.4) is 0 Å². The van der Waals surface area contributed by atoms with Gasteiger partial charge in [-0.25, -0.2) is 4.39 Å². The van der Waals surface area contributed by atoms with Gasteiger partial charge < -0.3 is 29.9 Å². The Morgan fingerprint density at radius 1 is 0.420 bits per heavy atom. The van der Waals surface area contributed by atoms with Gasteiger partial charge in [0.1, 0.15) is 23.9 Å². The van der Waals surface area contributed by atoms with Gasteiger partial charge in [-0.1, -0.05) is 163 Å². The number of rotatable bonds is 31. The average Bonchev–Trinajstić information content (AvgIpc) is 3.55. The standard InChI is InChI=1S/C37H49FO2.C37H50O4/c1-2-3-5-10-28-15-17-30(18-16-28)32-21-22-35(37(38)27-32)34-20-19-31(13-6-4-7-23-39)36(26-34)33-14-8-11-29(25-33)12-9-24-40;1-3-5-6-10-28-13-15-30(16-14-28)31-17-19-35(29(4-2)25-31)33-18-20-37(41-23-8-7-21-38)36(27-33)32-11-9-12-34(26-32)40-24-22-39/h8,11,14,19-22,25-28,30,39-40H,2-7,9-10,12-13,15-18,23-24H2,1H3;9,11-12,17-20,25-28,30,38-39H,3-8,10,13-16,21-24H2,1-2H3. The van der Waals surface area contributed by atoms with Gasteiger partial charge in [0.15, 0.2) is 0 Å². The number of hydrogen-bond donors (Lipinski definition) is 4. The first kappa shape index (κ1) is 63.3. The van der Waals surface area contributed by atoms with Crippen LogP contribution in [0.1, 0.15) is 202 Å². The van der Waals surface area contributed by atoms with Crippen LogP contribution in [0.2, 0.25) is 0 Å². The summed E-state index contributed by atoms with van der Waals surface area (Å²) < 4.78 is 27.6. The first-order valence-corrected chi connectivity index (χ1v) is 31.9. The van der Waals surface area contributed by atoms with Crippen LogP contribution in [-0.2, 0) is 19.3 Å². The van der Waals surface area contributed by atoms with E-state index in [1.54, 1.807) is 6.07 Å². The number of aryl methyl sites for hydroxylation is 3. The molecule has 0 atom stereocenters. The largest absolute Gasteiger partial charge is 0.493 e. The van der Waals surface area contributed by atoms with Gasteiger partial charge in [-0.2, -0.15) is 0 Å². The topological polar surface area (TPSA) is 99.4 Å². The van der Waals surface area contributed by atoms with E-state index < -0.39 is 0 Å². The number of aliphatic hydroxyl groups is 4. The van der Waals surface area contributed by atoms with Crippen LogP contribution in [0, 0.1) is 17.7 Å². The summed E-state index contributed by atoms with van der Waals surface area (Å²) in [6, 6.07) is 42.6. The molecule has 2 aliphatic rings. The molecule has 0 amide bonds. The monoisotopic (exact) mass is 1100 g/mol. The van der Waals surface area contributed by atoms with Gasteiger partial charge in [-0.05, 0) is 224 Å². The molecule has 0 aromatic heterocycles. The molecular formula is C74H99FO6. The Morgan fingerprint density at radius 3 is 1.65 bits per heavy atom. The third kappa shape index (κ3) is 19.4. The molecule has 7 heteroatoms. The minimum atomic E-state index is -0.124. The molecular weight excluding hydrogens is 1000 g/mol. The Morgan fingerprint density at radius 2 is 1.01 bits per heavy atom. The van der Waals surface area contributed by atoms with Crippen molar-refractivity contribution in [3.8, 4) is 56.0 Å². The highest BCUT2D eigenvalue weighted by molar-refractivity contribution is 5.80. The molecule has 81 heavy (non-hydrogen) atoms. The lowest BCUT2D eigenvalue weighted by Gasteiger charge is -2.29. The molecule has 6 aromatic carbocycles. The van der Waals surface area contributed by atoms with Crippen molar-refractivity contribution >= 4 is 0 Å². The predicted molar refractivity (Wildman–Crippen MR) is 336 cm³/mol. The van der Waals surface area contributed by atoms with Crippen LogP contribution in [-0.4, -0.2) is 60.1 Å². The van der Waals surface area contributed by atoms with Gasteiger partial charge >= 0.3 is 0 Å². The number of ether oxygens (including phenoxy) is 2. The number of aliphatic hydroxyl groups excluding tert-OH is 4. The molecule has 0 unspecified atom stereocenters. The lowest BCUT2D eigenvalue weighted by molar-refractivity contribution is 0.201. The zero-order valence-corrected chi connectivity index (χ0v) is 49.8. The Hall–Kier alpha value is -5.31. The van der Waals surface area contributed by atoms with E-state index in [1.165, 1.54) is 136 Å². The van der Waals surface area contributed by atoms with Crippen LogP contribution in [0.4, 0.5) is 4.39 Å². The molecule has 0 spiro atoms. The predicted octanol–water partition coefficient (Wildman–Crippen LogP) is 18.6. The summed E-state index contributed by atoms with van der Waals surface area (Å²) in [5.74, 6) is 4.38. The molecule has 8 rings (SSSR count). The molecule has 2 aliphatic carbocycles. The van der Waals surface area contributed by atoms with Crippen molar-refractivity contribution in [2.45, 2.75) is 193 Å². The summed E-state index contributed by atoms with van der Waals surface area (Å²) in [6.45, 7) is 8.22. The number of benzene rings is 6. The van der Waals surface area contributed by atoms with Gasteiger partial charge in [0.25, 0.3) is 0 Å². The fourth-order valence-electron chi connectivity index (χ4n) is 12.8. The second-order valence-electron chi connectivity index (χ2n) is 23.5. The van der Waals surface area contributed by atoms with Gasteiger partial charge in [0, 0.05) is 30.9 Å². The zero-order valence-electron chi connectivity index (χ0n) is 49.8. The molecule has 0 bridgehead atoms. The average molecular weight is 1100 g/mol. The lowest BCUT2D eigenvalue weighted by atomic mass is 9.76. The first-order chi connectivity index (χ1) is 39.8. The first-order valence-electron chi connectivity index (χ1n) is 31.9. The second-order valence-corrected chi connectivity index (χ2v) is 23.5. The number of halogens is 1. The molecule has 2 fully saturated rings. The molecule has 438 valence electrons. The van der Waals surface area contributed by atoms with Crippen LogP contribution >= 0.6 is 0 Å². The Kier molecular flexibility index (Phi) is 27.3. The molecule has 6 aromatic rings. The van der Waals surface area contributed by atoms with E-state index in [0.29, 0.717) is 24.0 Å². The highest BCUT2D eigenvalue weighted by Crippen LogP contribution is 2.43. The van der Waals surface area contributed by atoms with Gasteiger partial charge in [-0.15, -0.1) is 0 Å². The van der Waals surface area contributed by atoms with Crippen LogP contribution in [0.25, 0.3) is 44.5 Å². The van der Waals surface area contributed by atoms with Gasteiger partial charge in [-0.3, -0.25) is 0 Å². The maximum atomic E-state index is 15.7. The molecule has 0 saturated heterocycles. The molecule has 6 nitrogen and oxygen atoms in total. The van der Waals surface area contributed by atoms with E-state index in [9.17, 15) is 20.4 Å². The van der Waals surface area contributed by atoms with E-state index in [2.05, 4.69) is 112 Å². The lowest BCUT2D eigenvalue weighted by Crippen LogP contribution is -2.13. The van der Waals surface area contributed by atoms with Crippen molar-refractivity contribution in [2.24, 2.45) is 11.8 Å². The van der Waals surface area contributed by atoms with Crippen molar-refractivity contribution in [2.75, 3.05) is 39.6 Å². The summed E-state index contributed by atoms with van der Waals surface area (Å²) in [7, 11) is 0.